The maximum absolute atomic E-state index is 13.0. The average molecular weight is 484 g/mol. The number of nitrogens with zero attached hydrogens (tertiary/aromatic N) is 5. The summed E-state index contributed by atoms with van der Waals surface area (Å²) in [6, 6.07) is 5.35. The van der Waals surface area contributed by atoms with Crippen molar-refractivity contribution in [3.05, 3.63) is 28.7 Å². The van der Waals surface area contributed by atoms with E-state index >= 15 is 0 Å². The number of fused-ring (bicyclic) bond motifs is 1. The van der Waals surface area contributed by atoms with E-state index in [1.807, 2.05) is 23.1 Å². The number of piperazine rings is 1. The number of anilines is 1. The Morgan fingerprint density at radius 2 is 1.71 bits per heavy atom. The zero-order valence-corrected chi connectivity index (χ0v) is 20.1. The quantitative estimate of drug-likeness (QED) is 0.556. The predicted octanol–water partition coefficient (Wildman–Crippen LogP) is -0.611. The minimum Gasteiger partial charge on any atom is -0.368 e. The van der Waals surface area contributed by atoms with Crippen molar-refractivity contribution < 1.29 is 14.4 Å². The first-order chi connectivity index (χ1) is 16.8. The minimum absolute atomic E-state index is 0.166. The molecule has 5 rings (SSSR count). The Kier molecular flexibility index (Phi) is 6.37. The Bertz CT molecular complexity index is 1200. The van der Waals surface area contributed by atoms with Gasteiger partial charge >= 0.3 is 5.69 Å². The smallest absolute Gasteiger partial charge is 0.329 e. The largest absolute Gasteiger partial charge is 0.368 e. The van der Waals surface area contributed by atoms with Gasteiger partial charge < -0.3 is 15.5 Å². The van der Waals surface area contributed by atoms with Crippen molar-refractivity contribution in [3.63, 3.8) is 0 Å². The van der Waals surface area contributed by atoms with E-state index < -0.39 is 11.9 Å². The van der Waals surface area contributed by atoms with Crippen molar-refractivity contribution in [1.82, 2.24) is 24.3 Å². The maximum Gasteiger partial charge on any atom is 0.329 e. The van der Waals surface area contributed by atoms with Gasteiger partial charge in [-0.3, -0.25) is 33.7 Å². The Labute approximate surface area is 203 Å². The number of imidazole rings is 1. The summed E-state index contributed by atoms with van der Waals surface area (Å²) in [5, 5.41) is 2.34. The summed E-state index contributed by atoms with van der Waals surface area (Å²) >= 11 is 0. The van der Waals surface area contributed by atoms with Gasteiger partial charge in [0, 0.05) is 64.5 Å². The molecular formula is C24H33N7O4. The van der Waals surface area contributed by atoms with Crippen molar-refractivity contribution in [3.8, 4) is 0 Å². The minimum atomic E-state index is -0.694. The van der Waals surface area contributed by atoms with Gasteiger partial charge in [-0.15, -0.1) is 0 Å². The average Bonchev–Trinajstić information content (AvgIpc) is 3.10. The van der Waals surface area contributed by atoms with Crippen LogP contribution in [0.25, 0.3) is 11.0 Å². The number of hydrogen-bond acceptors (Lipinski definition) is 7. The van der Waals surface area contributed by atoms with E-state index in [4.69, 9.17) is 5.73 Å². The molecule has 3 saturated heterocycles. The SMILES string of the molecule is Cn1c(=O)n(C2CCC(=O)NC2=O)c2ccc(N3CCN(C(=O)CN4CCC(N)CC4)CC3)cc21. The third-order valence-electron chi connectivity index (χ3n) is 7.58. The summed E-state index contributed by atoms with van der Waals surface area (Å²) in [6.45, 7) is 4.94. The molecule has 1 aromatic carbocycles. The highest BCUT2D eigenvalue weighted by atomic mass is 16.2. The molecule has 0 aliphatic carbocycles. The lowest BCUT2D eigenvalue weighted by atomic mass is 10.1. The zero-order chi connectivity index (χ0) is 24.7. The second kappa shape index (κ2) is 9.46. The van der Waals surface area contributed by atoms with Gasteiger partial charge in [-0.25, -0.2) is 4.79 Å². The highest BCUT2D eigenvalue weighted by Gasteiger charge is 2.31. The number of likely N-dealkylation sites (tertiary alicyclic amines) is 1. The van der Waals surface area contributed by atoms with Crippen LogP contribution in [0.4, 0.5) is 5.69 Å². The van der Waals surface area contributed by atoms with Crippen molar-refractivity contribution in [1.29, 1.82) is 0 Å². The molecule has 0 saturated carbocycles. The molecule has 2 aromatic rings. The van der Waals surface area contributed by atoms with Crippen LogP contribution in [0.2, 0.25) is 0 Å². The fourth-order valence-corrected chi connectivity index (χ4v) is 5.39. The van der Waals surface area contributed by atoms with Crippen molar-refractivity contribution >= 4 is 34.4 Å². The summed E-state index contributed by atoms with van der Waals surface area (Å²) in [7, 11) is 1.70. The lowest BCUT2D eigenvalue weighted by Gasteiger charge is -2.37. The lowest BCUT2D eigenvalue weighted by molar-refractivity contribution is -0.136. The number of hydrogen-bond donors (Lipinski definition) is 2. The second-order valence-corrected chi connectivity index (χ2v) is 9.83. The number of benzene rings is 1. The molecule has 3 N–H and O–H groups in total. The Morgan fingerprint density at radius 1 is 1.00 bits per heavy atom. The number of aryl methyl sites for hydroxylation is 1. The van der Waals surface area contributed by atoms with Crippen molar-refractivity contribution in [2.45, 2.75) is 37.8 Å². The van der Waals surface area contributed by atoms with Crippen molar-refractivity contribution in [2.75, 3.05) is 50.7 Å². The van der Waals surface area contributed by atoms with Gasteiger partial charge in [-0.2, -0.15) is 0 Å². The second-order valence-electron chi connectivity index (χ2n) is 9.83. The summed E-state index contributed by atoms with van der Waals surface area (Å²) < 4.78 is 3.04. The number of piperidine rings is 2. The van der Waals surface area contributed by atoms with E-state index in [9.17, 15) is 19.2 Å². The number of rotatable bonds is 4. The molecule has 3 aliphatic rings. The number of amides is 3. The normalized spacial score (nSPS) is 22.6. The van der Waals surface area contributed by atoms with Crippen LogP contribution in [0, 0.1) is 0 Å². The van der Waals surface area contributed by atoms with E-state index in [0.717, 1.165) is 37.1 Å². The van der Waals surface area contributed by atoms with E-state index in [1.165, 1.54) is 4.57 Å². The van der Waals surface area contributed by atoms with E-state index in [2.05, 4.69) is 15.1 Å². The monoisotopic (exact) mass is 483 g/mol. The third-order valence-corrected chi connectivity index (χ3v) is 7.58. The first-order valence-corrected chi connectivity index (χ1v) is 12.4. The van der Waals surface area contributed by atoms with Gasteiger partial charge in [-0.05, 0) is 37.5 Å². The van der Waals surface area contributed by atoms with Crippen LogP contribution >= 0.6 is 0 Å². The van der Waals surface area contributed by atoms with E-state index in [0.29, 0.717) is 44.7 Å². The number of nitrogens with one attached hydrogen (secondary N) is 1. The molecule has 35 heavy (non-hydrogen) atoms. The van der Waals surface area contributed by atoms with Crippen LogP contribution in [-0.4, -0.2) is 88.5 Å². The molecule has 3 fully saturated rings. The van der Waals surface area contributed by atoms with Gasteiger partial charge in [0.25, 0.3) is 0 Å². The van der Waals surface area contributed by atoms with E-state index in [-0.39, 0.29) is 30.0 Å². The van der Waals surface area contributed by atoms with Crippen LogP contribution in [-0.2, 0) is 21.4 Å². The van der Waals surface area contributed by atoms with Crippen LogP contribution in [0.3, 0.4) is 0 Å². The van der Waals surface area contributed by atoms with Crippen LogP contribution in [0.1, 0.15) is 31.7 Å². The van der Waals surface area contributed by atoms with Crippen LogP contribution < -0.4 is 21.6 Å². The first kappa shape index (κ1) is 23.6. The molecule has 0 spiro atoms. The highest BCUT2D eigenvalue weighted by Crippen LogP contribution is 2.27. The Balaban J connectivity index is 1.27. The van der Waals surface area contributed by atoms with Crippen LogP contribution in [0.5, 0.6) is 0 Å². The Hall–Kier alpha value is -3.18. The van der Waals surface area contributed by atoms with Gasteiger partial charge in [0.15, 0.2) is 0 Å². The standard InChI is InChI=1S/C24H33N7O4/c1-27-20-14-17(2-3-18(20)31(24(27)35)19-4-5-21(32)26-23(19)34)29-10-12-30(13-11-29)22(33)15-28-8-6-16(25)7-9-28/h2-3,14,16,19H,4-13,15,25H2,1H3,(H,26,32,34). The fourth-order valence-electron chi connectivity index (χ4n) is 5.39. The molecule has 3 amide bonds. The number of carbonyl (C=O) groups excluding carboxylic acids is 3. The van der Waals surface area contributed by atoms with Gasteiger partial charge in [0.1, 0.15) is 6.04 Å². The lowest BCUT2D eigenvalue weighted by Crippen LogP contribution is -2.52. The summed E-state index contributed by atoms with van der Waals surface area (Å²) in [4.78, 5) is 56.1. The molecule has 188 valence electrons. The first-order valence-electron chi connectivity index (χ1n) is 12.4. The molecular weight excluding hydrogens is 450 g/mol. The third kappa shape index (κ3) is 4.57. The van der Waals surface area contributed by atoms with Crippen LogP contribution in [0.15, 0.2) is 23.0 Å². The number of carbonyl (C=O) groups is 3. The zero-order valence-electron chi connectivity index (χ0n) is 20.1. The molecule has 4 heterocycles. The van der Waals surface area contributed by atoms with Gasteiger partial charge in [0.05, 0.1) is 17.6 Å². The van der Waals surface area contributed by atoms with E-state index in [1.54, 1.807) is 11.6 Å². The predicted molar refractivity (Wildman–Crippen MR) is 131 cm³/mol. The molecule has 1 aromatic heterocycles. The number of nitrogens with two attached hydrogens (primary N) is 1. The molecule has 1 unspecified atom stereocenters. The summed E-state index contributed by atoms with van der Waals surface area (Å²) in [5.41, 5.74) is 8.07. The highest BCUT2D eigenvalue weighted by molar-refractivity contribution is 6.00. The topological polar surface area (TPSA) is 126 Å². The molecule has 1 atom stereocenters. The molecule has 0 radical (unpaired) electrons. The number of aromatic nitrogens is 2. The molecule has 11 heteroatoms. The molecule has 11 nitrogen and oxygen atoms in total. The fraction of sp³-hybridized carbons (Fsp3) is 0.583. The maximum atomic E-state index is 13.0. The summed E-state index contributed by atoms with van der Waals surface area (Å²) in [5.74, 6) is -0.577. The summed E-state index contributed by atoms with van der Waals surface area (Å²) in [6.07, 6.45) is 2.41. The number of imide groups is 1. The molecule has 3 aliphatic heterocycles. The molecule has 0 bridgehead atoms. The van der Waals surface area contributed by atoms with Gasteiger partial charge in [0.2, 0.25) is 17.7 Å². The van der Waals surface area contributed by atoms with Crippen molar-refractivity contribution in [2.24, 2.45) is 12.8 Å². The van der Waals surface area contributed by atoms with Gasteiger partial charge in [-0.1, -0.05) is 0 Å². The Morgan fingerprint density at radius 3 is 2.40 bits per heavy atom.